The molecule has 54 heavy (non-hydrogen) atoms. The van der Waals surface area contributed by atoms with E-state index in [1.165, 1.54) is 16.7 Å². The molecule has 0 saturated heterocycles. The average Bonchev–Trinajstić information content (AvgIpc) is 3.73. The Balaban J connectivity index is 1.23. The summed E-state index contributed by atoms with van der Waals surface area (Å²) in [7, 11) is 0. The maximum absolute atomic E-state index is 9.30. The highest BCUT2D eigenvalue weighted by Crippen LogP contribution is 2.52. The van der Waals surface area contributed by atoms with Crippen molar-refractivity contribution in [1.82, 2.24) is 15.0 Å². The highest BCUT2D eigenvalue weighted by molar-refractivity contribution is 6.12. The van der Waals surface area contributed by atoms with Gasteiger partial charge in [-0.2, -0.15) is 5.26 Å². The molecule has 10 rings (SSSR count). The lowest BCUT2D eigenvalue weighted by atomic mass is 9.82. The fourth-order valence-corrected chi connectivity index (χ4v) is 8.10. The van der Waals surface area contributed by atoms with Gasteiger partial charge < -0.3 is 4.42 Å². The third kappa shape index (κ3) is 4.96. The van der Waals surface area contributed by atoms with Crippen LogP contribution in [-0.4, -0.2) is 15.0 Å². The molecule has 2 heterocycles. The summed E-state index contributed by atoms with van der Waals surface area (Å²) < 4.78 is 6.73. The molecule has 254 valence electrons. The largest absolute Gasteiger partial charge is 0.455 e. The molecule has 0 N–H and O–H groups in total. The molecule has 0 aliphatic heterocycles. The van der Waals surface area contributed by atoms with E-state index in [1.807, 2.05) is 72.8 Å². The van der Waals surface area contributed by atoms with Crippen molar-refractivity contribution in [1.29, 1.82) is 5.26 Å². The summed E-state index contributed by atoms with van der Waals surface area (Å²) in [6, 6.07) is 56.0. The van der Waals surface area contributed by atoms with E-state index < -0.39 is 0 Å². The first-order valence-corrected chi connectivity index (χ1v) is 18.1. The average molecular weight is 693 g/mol. The van der Waals surface area contributed by atoms with E-state index in [0.29, 0.717) is 23.0 Å². The van der Waals surface area contributed by atoms with Gasteiger partial charge in [0.2, 0.25) is 0 Å². The number of hydrogen-bond donors (Lipinski definition) is 0. The van der Waals surface area contributed by atoms with Crippen molar-refractivity contribution in [2.24, 2.45) is 0 Å². The van der Waals surface area contributed by atoms with Gasteiger partial charge >= 0.3 is 0 Å². The van der Waals surface area contributed by atoms with Crippen LogP contribution < -0.4 is 0 Å². The highest BCUT2D eigenvalue weighted by Gasteiger charge is 2.37. The first-order valence-electron chi connectivity index (χ1n) is 18.1. The zero-order chi connectivity index (χ0) is 36.4. The Bertz CT molecular complexity index is 2950. The van der Waals surface area contributed by atoms with Gasteiger partial charge in [-0.3, -0.25) is 0 Å². The standard InChI is InChI=1S/C49H32N4O/c1-49(2)40-16-8-6-14-38(40)43-39(15-10-17-41(43)49)47-51-46(34-11-4-3-5-12-34)52-48(53-47)44-35(27-28-37-36-13-7-9-18-42(36)54-45(37)44)33-25-23-32(24-26-33)31-21-19-30(29-50)20-22-31/h3-28H,1-2H3. The maximum Gasteiger partial charge on any atom is 0.168 e. The summed E-state index contributed by atoms with van der Waals surface area (Å²) in [6.45, 7) is 4.58. The molecular weight excluding hydrogens is 661 g/mol. The van der Waals surface area contributed by atoms with Gasteiger partial charge in [-0.1, -0.05) is 147 Å². The first kappa shape index (κ1) is 31.6. The fraction of sp³-hybridized carbons (Fsp3) is 0.0612. The van der Waals surface area contributed by atoms with Gasteiger partial charge in [-0.15, -0.1) is 0 Å². The smallest absolute Gasteiger partial charge is 0.168 e. The van der Waals surface area contributed by atoms with Crippen LogP contribution in [0.25, 0.3) is 89.5 Å². The summed E-state index contributed by atoms with van der Waals surface area (Å²) in [5.74, 6) is 1.74. The monoisotopic (exact) mass is 692 g/mol. The summed E-state index contributed by atoms with van der Waals surface area (Å²) in [5, 5.41) is 11.3. The normalized spacial score (nSPS) is 12.8. The molecule has 5 nitrogen and oxygen atoms in total. The van der Waals surface area contributed by atoms with Crippen LogP contribution >= 0.6 is 0 Å². The molecule has 0 atom stereocenters. The molecule has 9 aromatic rings. The number of aromatic nitrogens is 3. The zero-order valence-electron chi connectivity index (χ0n) is 29.7. The second-order valence-corrected chi connectivity index (χ2v) is 14.3. The van der Waals surface area contributed by atoms with Crippen LogP contribution in [0.4, 0.5) is 0 Å². The van der Waals surface area contributed by atoms with Crippen molar-refractivity contribution in [2.75, 3.05) is 0 Å². The lowest BCUT2D eigenvalue weighted by molar-refractivity contribution is 0.660. The van der Waals surface area contributed by atoms with Crippen LogP contribution in [0, 0.1) is 11.3 Å². The number of rotatable bonds is 5. The predicted molar refractivity (Wildman–Crippen MR) is 217 cm³/mol. The van der Waals surface area contributed by atoms with Crippen molar-refractivity contribution >= 4 is 21.9 Å². The van der Waals surface area contributed by atoms with E-state index in [9.17, 15) is 5.26 Å². The van der Waals surface area contributed by atoms with Crippen LogP contribution in [-0.2, 0) is 5.41 Å². The van der Waals surface area contributed by atoms with Gasteiger partial charge in [-0.25, -0.2) is 15.0 Å². The molecule has 0 unspecified atom stereocenters. The highest BCUT2D eigenvalue weighted by atomic mass is 16.3. The first-order chi connectivity index (χ1) is 26.5. The Morgan fingerprint density at radius 2 is 1.09 bits per heavy atom. The number of nitrogens with zero attached hydrogens (tertiary/aromatic N) is 4. The van der Waals surface area contributed by atoms with Crippen molar-refractivity contribution in [3.05, 3.63) is 174 Å². The van der Waals surface area contributed by atoms with Gasteiger partial charge in [0.05, 0.1) is 17.2 Å². The summed E-state index contributed by atoms with van der Waals surface area (Å²) >= 11 is 0. The molecule has 1 aliphatic carbocycles. The minimum absolute atomic E-state index is 0.170. The number of benzene rings is 7. The van der Waals surface area contributed by atoms with Crippen LogP contribution in [0.3, 0.4) is 0 Å². The molecule has 0 radical (unpaired) electrons. The van der Waals surface area contributed by atoms with Crippen LogP contribution in [0.15, 0.2) is 162 Å². The lowest BCUT2D eigenvalue weighted by Crippen LogP contribution is -2.14. The minimum atomic E-state index is -0.170. The minimum Gasteiger partial charge on any atom is -0.455 e. The van der Waals surface area contributed by atoms with E-state index in [0.717, 1.165) is 66.4 Å². The molecule has 0 saturated carbocycles. The van der Waals surface area contributed by atoms with E-state index in [2.05, 4.69) is 105 Å². The molecule has 0 fully saturated rings. The molecule has 0 amide bonds. The number of fused-ring (bicyclic) bond motifs is 6. The predicted octanol–water partition coefficient (Wildman–Crippen LogP) is 12.3. The summed E-state index contributed by atoms with van der Waals surface area (Å²) in [6.07, 6.45) is 0. The van der Waals surface area contributed by atoms with Crippen LogP contribution in [0.5, 0.6) is 0 Å². The summed E-state index contributed by atoms with van der Waals surface area (Å²) in [5.41, 5.74) is 13.7. The van der Waals surface area contributed by atoms with E-state index in [1.54, 1.807) is 0 Å². The molecule has 1 aliphatic rings. The van der Waals surface area contributed by atoms with Crippen molar-refractivity contribution in [2.45, 2.75) is 19.3 Å². The Morgan fingerprint density at radius 3 is 1.89 bits per heavy atom. The van der Waals surface area contributed by atoms with Crippen LogP contribution in [0.2, 0.25) is 0 Å². The van der Waals surface area contributed by atoms with Gasteiger partial charge in [0.25, 0.3) is 0 Å². The molecule has 7 aromatic carbocycles. The van der Waals surface area contributed by atoms with Gasteiger partial charge in [0, 0.05) is 27.3 Å². The SMILES string of the molecule is CC1(C)c2ccccc2-c2c(-c3nc(-c4ccccc4)nc(-c4c(-c5ccc(-c6ccc(C#N)cc6)cc5)ccc5c4oc4ccccc45)n3)cccc21. The number of para-hydroxylation sites is 1. The van der Waals surface area contributed by atoms with E-state index >= 15 is 0 Å². The molecular formula is C49H32N4O. The van der Waals surface area contributed by atoms with Crippen molar-refractivity contribution < 1.29 is 4.42 Å². The number of hydrogen-bond acceptors (Lipinski definition) is 5. The number of nitriles is 1. The Morgan fingerprint density at radius 1 is 0.463 bits per heavy atom. The topological polar surface area (TPSA) is 75.6 Å². The Labute approximate surface area is 312 Å². The molecule has 0 bridgehead atoms. The summed E-state index contributed by atoms with van der Waals surface area (Å²) in [4.78, 5) is 15.8. The molecule has 5 heteroatoms. The molecule has 2 aromatic heterocycles. The van der Waals surface area contributed by atoms with Crippen molar-refractivity contribution in [3.63, 3.8) is 0 Å². The van der Waals surface area contributed by atoms with Gasteiger partial charge in [0.1, 0.15) is 11.2 Å². The zero-order valence-corrected chi connectivity index (χ0v) is 29.7. The maximum atomic E-state index is 9.30. The van der Waals surface area contributed by atoms with Gasteiger partial charge in [0.15, 0.2) is 17.5 Å². The van der Waals surface area contributed by atoms with E-state index in [-0.39, 0.29) is 5.41 Å². The fourth-order valence-electron chi connectivity index (χ4n) is 8.10. The van der Waals surface area contributed by atoms with Crippen molar-refractivity contribution in [3.8, 4) is 73.6 Å². The lowest BCUT2D eigenvalue weighted by Gasteiger charge is -2.21. The Kier molecular flexibility index (Phi) is 7.14. The Hall–Kier alpha value is -7.16. The second kappa shape index (κ2) is 12.2. The molecule has 0 spiro atoms. The van der Waals surface area contributed by atoms with E-state index in [4.69, 9.17) is 19.4 Å². The van der Waals surface area contributed by atoms with Gasteiger partial charge in [-0.05, 0) is 68.8 Å². The van der Waals surface area contributed by atoms with Crippen LogP contribution in [0.1, 0.15) is 30.5 Å². The number of furan rings is 1. The third-order valence-electron chi connectivity index (χ3n) is 10.8. The third-order valence-corrected chi connectivity index (χ3v) is 10.8. The quantitative estimate of drug-likeness (QED) is 0.179. The second-order valence-electron chi connectivity index (χ2n) is 14.3.